The zero-order chi connectivity index (χ0) is 13.9. The Morgan fingerprint density at radius 3 is 2.45 bits per heavy atom. The SMILES string of the molecule is Clc1ccc(Cl)c(CNc2ccc3ccccc3c2)c1. The van der Waals surface area contributed by atoms with E-state index >= 15 is 0 Å². The van der Waals surface area contributed by atoms with E-state index in [2.05, 4.69) is 35.6 Å². The molecule has 0 fully saturated rings. The third-order valence-electron chi connectivity index (χ3n) is 3.24. The van der Waals surface area contributed by atoms with Gasteiger partial charge in [0, 0.05) is 22.3 Å². The molecule has 0 heterocycles. The van der Waals surface area contributed by atoms with Crippen LogP contribution in [-0.4, -0.2) is 0 Å². The van der Waals surface area contributed by atoms with Crippen LogP contribution in [0, 0.1) is 0 Å². The first-order chi connectivity index (χ1) is 9.72. The predicted octanol–water partition coefficient (Wildman–Crippen LogP) is 5.76. The quantitative estimate of drug-likeness (QED) is 0.648. The van der Waals surface area contributed by atoms with Crippen molar-refractivity contribution < 1.29 is 0 Å². The van der Waals surface area contributed by atoms with E-state index in [0.29, 0.717) is 11.6 Å². The van der Waals surface area contributed by atoms with Crippen LogP contribution in [-0.2, 0) is 6.54 Å². The predicted molar refractivity (Wildman–Crippen MR) is 87.7 cm³/mol. The summed E-state index contributed by atoms with van der Waals surface area (Å²) >= 11 is 12.1. The van der Waals surface area contributed by atoms with Crippen molar-refractivity contribution in [2.75, 3.05) is 5.32 Å². The van der Waals surface area contributed by atoms with Crippen molar-refractivity contribution in [3.8, 4) is 0 Å². The molecule has 1 N–H and O–H groups in total. The summed E-state index contributed by atoms with van der Waals surface area (Å²) in [6.45, 7) is 0.651. The second-order valence-electron chi connectivity index (χ2n) is 4.65. The van der Waals surface area contributed by atoms with Crippen molar-refractivity contribution in [1.82, 2.24) is 0 Å². The van der Waals surface area contributed by atoms with E-state index in [1.807, 2.05) is 24.3 Å². The average Bonchev–Trinajstić information content (AvgIpc) is 2.48. The Bertz CT molecular complexity index is 753. The van der Waals surface area contributed by atoms with Crippen molar-refractivity contribution in [3.63, 3.8) is 0 Å². The van der Waals surface area contributed by atoms with Gasteiger partial charge in [0.1, 0.15) is 0 Å². The number of hydrogen-bond acceptors (Lipinski definition) is 1. The van der Waals surface area contributed by atoms with Crippen LogP contribution in [0.2, 0.25) is 10.0 Å². The summed E-state index contributed by atoms with van der Waals surface area (Å²) in [7, 11) is 0. The topological polar surface area (TPSA) is 12.0 Å². The van der Waals surface area contributed by atoms with Crippen molar-refractivity contribution in [2.24, 2.45) is 0 Å². The van der Waals surface area contributed by atoms with Gasteiger partial charge in [-0.15, -0.1) is 0 Å². The monoisotopic (exact) mass is 301 g/mol. The number of rotatable bonds is 3. The van der Waals surface area contributed by atoms with Crippen LogP contribution in [0.1, 0.15) is 5.56 Å². The molecule has 0 spiro atoms. The molecular weight excluding hydrogens is 289 g/mol. The van der Waals surface area contributed by atoms with Crippen LogP contribution in [0.4, 0.5) is 5.69 Å². The highest BCUT2D eigenvalue weighted by molar-refractivity contribution is 6.33. The maximum atomic E-state index is 6.16. The fraction of sp³-hybridized carbons (Fsp3) is 0.0588. The summed E-state index contributed by atoms with van der Waals surface area (Å²) in [5.41, 5.74) is 2.06. The van der Waals surface area contributed by atoms with Crippen molar-refractivity contribution >= 4 is 39.7 Å². The molecule has 0 atom stereocenters. The highest BCUT2D eigenvalue weighted by atomic mass is 35.5. The van der Waals surface area contributed by atoms with Crippen LogP contribution >= 0.6 is 23.2 Å². The zero-order valence-corrected chi connectivity index (χ0v) is 12.2. The first-order valence-electron chi connectivity index (χ1n) is 6.39. The van der Waals surface area contributed by atoms with E-state index in [9.17, 15) is 0 Å². The molecule has 3 aromatic carbocycles. The molecule has 3 rings (SSSR count). The van der Waals surface area contributed by atoms with Crippen LogP contribution in [0.25, 0.3) is 10.8 Å². The molecule has 3 heteroatoms. The fourth-order valence-electron chi connectivity index (χ4n) is 2.18. The van der Waals surface area contributed by atoms with Gasteiger partial charge in [0.25, 0.3) is 0 Å². The molecule has 0 unspecified atom stereocenters. The van der Waals surface area contributed by atoms with Gasteiger partial charge in [0.15, 0.2) is 0 Å². The Balaban J connectivity index is 1.81. The number of anilines is 1. The second-order valence-corrected chi connectivity index (χ2v) is 5.49. The maximum absolute atomic E-state index is 6.16. The molecule has 0 amide bonds. The number of halogens is 2. The summed E-state index contributed by atoms with van der Waals surface area (Å²) in [6.07, 6.45) is 0. The van der Waals surface area contributed by atoms with Crippen LogP contribution < -0.4 is 5.32 Å². The number of benzene rings is 3. The smallest absolute Gasteiger partial charge is 0.0456 e. The van der Waals surface area contributed by atoms with E-state index in [1.54, 1.807) is 6.07 Å². The van der Waals surface area contributed by atoms with E-state index in [1.165, 1.54) is 10.8 Å². The molecule has 1 nitrogen and oxygen atoms in total. The standard InChI is InChI=1S/C17H13Cl2N/c18-15-6-8-17(19)14(9-15)11-20-16-7-5-12-3-1-2-4-13(12)10-16/h1-10,20H,11H2. The third kappa shape index (κ3) is 2.90. The Morgan fingerprint density at radius 1 is 0.800 bits per heavy atom. The van der Waals surface area contributed by atoms with Gasteiger partial charge < -0.3 is 5.32 Å². The van der Waals surface area contributed by atoms with Gasteiger partial charge in [-0.1, -0.05) is 53.5 Å². The van der Waals surface area contributed by atoms with Gasteiger partial charge in [0.05, 0.1) is 0 Å². The van der Waals surface area contributed by atoms with Gasteiger partial charge in [0.2, 0.25) is 0 Å². The van der Waals surface area contributed by atoms with Gasteiger partial charge >= 0.3 is 0 Å². The fourth-order valence-corrected chi connectivity index (χ4v) is 2.55. The zero-order valence-electron chi connectivity index (χ0n) is 10.7. The Morgan fingerprint density at radius 2 is 1.60 bits per heavy atom. The lowest BCUT2D eigenvalue weighted by Crippen LogP contribution is -2.00. The van der Waals surface area contributed by atoms with Crippen molar-refractivity contribution in [2.45, 2.75) is 6.54 Å². The molecule has 0 bridgehead atoms. The highest BCUT2D eigenvalue weighted by Crippen LogP contribution is 2.23. The number of nitrogens with one attached hydrogen (secondary N) is 1. The molecule has 0 saturated carbocycles. The normalized spacial score (nSPS) is 10.7. The largest absolute Gasteiger partial charge is 0.381 e. The molecule has 0 aliphatic carbocycles. The van der Waals surface area contributed by atoms with Crippen LogP contribution in [0.15, 0.2) is 60.7 Å². The van der Waals surface area contributed by atoms with Crippen molar-refractivity contribution in [3.05, 3.63) is 76.3 Å². The third-order valence-corrected chi connectivity index (χ3v) is 3.84. The van der Waals surface area contributed by atoms with Crippen molar-refractivity contribution in [1.29, 1.82) is 0 Å². The summed E-state index contributed by atoms with van der Waals surface area (Å²) in [4.78, 5) is 0. The number of hydrogen-bond donors (Lipinski definition) is 1. The lowest BCUT2D eigenvalue weighted by molar-refractivity contribution is 1.15. The molecule has 3 aromatic rings. The van der Waals surface area contributed by atoms with Crippen LogP contribution in [0.5, 0.6) is 0 Å². The molecule has 0 aromatic heterocycles. The minimum atomic E-state index is 0.651. The summed E-state index contributed by atoms with van der Waals surface area (Å²) < 4.78 is 0. The minimum absolute atomic E-state index is 0.651. The van der Waals surface area contributed by atoms with Gasteiger partial charge in [-0.05, 0) is 46.7 Å². The highest BCUT2D eigenvalue weighted by Gasteiger charge is 2.02. The summed E-state index contributed by atoms with van der Waals surface area (Å²) in [5.74, 6) is 0. The van der Waals surface area contributed by atoms with Gasteiger partial charge in [-0.3, -0.25) is 0 Å². The Labute approximate surface area is 128 Å². The minimum Gasteiger partial charge on any atom is -0.381 e. The molecule has 0 radical (unpaired) electrons. The van der Waals surface area contributed by atoms with Gasteiger partial charge in [-0.2, -0.15) is 0 Å². The lowest BCUT2D eigenvalue weighted by atomic mass is 10.1. The summed E-state index contributed by atoms with van der Waals surface area (Å²) in [6, 6.07) is 20.1. The molecule has 20 heavy (non-hydrogen) atoms. The Kier molecular flexibility index (Phi) is 3.81. The first kappa shape index (κ1) is 13.3. The molecule has 0 saturated heterocycles. The lowest BCUT2D eigenvalue weighted by Gasteiger charge is -2.09. The first-order valence-corrected chi connectivity index (χ1v) is 7.14. The molecule has 0 aliphatic rings. The second kappa shape index (κ2) is 5.74. The maximum Gasteiger partial charge on any atom is 0.0456 e. The van der Waals surface area contributed by atoms with E-state index in [4.69, 9.17) is 23.2 Å². The van der Waals surface area contributed by atoms with Gasteiger partial charge in [-0.25, -0.2) is 0 Å². The molecule has 0 aliphatic heterocycles. The number of fused-ring (bicyclic) bond motifs is 1. The Hall–Kier alpha value is -1.70. The van der Waals surface area contributed by atoms with Crippen LogP contribution in [0.3, 0.4) is 0 Å². The average molecular weight is 302 g/mol. The van der Waals surface area contributed by atoms with E-state index < -0.39 is 0 Å². The molecular formula is C17H13Cl2N. The van der Waals surface area contributed by atoms with E-state index in [0.717, 1.165) is 16.3 Å². The molecule has 100 valence electrons. The summed E-state index contributed by atoms with van der Waals surface area (Å²) in [5, 5.41) is 7.25. The van der Waals surface area contributed by atoms with E-state index in [-0.39, 0.29) is 0 Å².